The molecule has 39 heavy (non-hydrogen) atoms. The highest BCUT2D eigenvalue weighted by molar-refractivity contribution is 6.01. The first-order chi connectivity index (χ1) is 18.8. The van der Waals surface area contributed by atoms with Crippen LogP contribution in [0.25, 0.3) is 0 Å². The van der Waals surface area contributed by atoms with E-state index in [1.165, 1.54) is 17.2 Å². The largest absolute Gasteiger partial charge is 0.487 e. The van der Waals surface area contributed by atoms with Crippen LogP contribution in [0.15, 0.2) is 18.3 Å². The van der Waals surface area contributed by atoms with Gasteiger partial charge in [-0.2, -0.15) is 5.26 Å². The Morgan fingerprint density at radius 2 is 2.21 bits per heavy atom. The molecule has 0 aliphatic carbocycles. The van der Waals surface area contributed by atoms with Crippen LogP contribution in [0.4, 0.5) is 16.4 Å². The Morgan fingerprint density at radius 1 is 1.38 bits per heavy atom. The maximum Gasteiger partial charge on any atom is 0.328 e. The number of amides is 3. The zero-order chi connectivity index (χ0) is 27.9. The number of urea groups is 1. The molecule has 2 aromatic rings. The molecule has 12 heteroatoms. The molecule has 2 atom stereocenters. The summed E-state index contributed by atoms with van der Waals surface area (Å²) in [5.41, 5.74) is 1.81. The lowest BCUT2D eigenvalue weighted by atomic mass is 10.0. The quantitative estimate of drug-likeness (QED) is 0.478. The monoisotopic (exact) mass is 536 g/mol. The minimum atomic E-state index is -0.480. The standard InChI is InChI=1S/C27H32N6O6/c1-17(16-37-3)39-23-11-24(29-13-20(23)12-28)31-27(36)33-8-4-6-18-10-19(21(15-34)30-25(18)33)14-32(2)26(35)22-7-5-9-38-22/h10-11,13,15,17,22H,4-9,14,16H2,1-3H3,(H,29,31,36)/t17-,22+/m1/s1. The molecule has 0 radical (unpaired) electrons. The van der Waals surface area contributed by atoms with Crippen molar-refractivity contribution in [1.82, 2.24) is 14.9 Å². The third kappa shape index (κ3) is 6.50. The van der Waals surface area contributed by atoms with E-state index in [1.54, 1.807) is 26.0 Å². The van der Waals surface area contributed by atoms with Gasteiger partial charge in [0.05, 0.1) is 12.8 Å². The molecular weight excluding hydrogens is 504 g/mol. The fraction of sp³-hybridized carbons (Fsp3) is 0.481. The molecule has 1 fully saturated rings. The molecule has 4 rings (SSSR count). The van der Waals surface area contributed by atoms with E-state index in [0.717, 1.165) is 12.0 Å². The molecule has 0 aromatic carbocycles. The smallest absolute Gasteiger partial charge is 0.328 e. The van der Waals surface area contributed by atoms with E-state index in [-0.39, 0.29) is 41.4 Å². The van der Waals surface area contributed by atoms with Gasteiger partial charge in [0.25, 0.3) is 5.91 Å². The van der Waals surface area contributed by atoms with Crippen molar-refractivity contribution in [2.45, 2.75) is 51.4 Å². The summed E-state index contributed by atoms with van der Waals surface area (Å²) >= 11 is 0. The lowest BCUT2D eigenvalue weighted by Gasteiger charge is -2.29. The van der Waals surface area contributed by atoms with E-state index in [0.29, 0.717) is 56.7 Å². The van der Waals surface area contributed by atoms with E-state index < -0.39 is 12.1 Å². The van der Waals surface area contributed by atoms with Gasteiger partial charge in [0.15, 0.2) is 6.29 Å². The number of nitrogens with one attached hydrogen (secondary N) is 1. The van der Waals surface area contributed by atoms with Crippen molar-refractivity contribution >= 4 is 29.9 Å². The molecule has 4 heterocycles. The summed E-state index contributed by atoms with van der Waals surface area (Å²) in [7, 11) is 3.23. The Balaban J connectivity index is 1.52. The third-order valence-electron chi connectivity index (χ3n) is 6.57. The van der Waals surface area contributed by atoms with Crippen LogP contribution in [-0.4, -0.2) is 79.2 Å². The molecular formula is C27H32N6O6. The Labute approximate surface area is 226 Å². The number of aryl methyl sites for hydroxylation is 1. The lowest BCUT2D eigenvalue weighted by molar-refractivity contribution is -0.140. The van der Waals surface area contributed by atoms with Crippen molar-refractivity contribution in [1.29, 1.82) is 5.26 Å². The first kappa shape index (κ1) is 27.9. The second-order valence-corrected chi connectivity index (χ2v) is 9.58. The minimum absolute atomic E-state index is 0.127. The van der Waals surface area contributed by atoms with Gasteiger partial charge in [-0.3, -0.25) is 19.8 Å². The number of methoxy groups -OCH3 is 1. The molecule has 1 saturated heterocycles. The van der Waals surface area contributed by atoms with Crippen LogP contribution < -0.4 is 15.0 Å². The van der Waals surface area contributed by atoms with Crippen molar-refractivity contribution in [3.05, 3.63) is 40.7 Å². The number of aldehydes is 1. The van der Waals surface area contributed by atoms with E-state index in [2.05, 4.69) is 15.3 Å². The zero-order valence-corrected chi connectivity index (χ0v) is 22.3. The molecule has 2 aliphatic heterocycles. The fourth-order valence-electron chi connectivity index (χ4n) is 4.69. The number of aromatic nitrogens is 2. The highest BCUT2D eigenvalue weighted by Gasteiger charge is 2.29. The summed E-state index contributed by atoms with van der Waals surface area (Å²) in [5, 5.41) is 12.1. The Bertz CT molecular complexity index is 1270. The molecule has 0 saturated carbocycles. The van der Waals surface area contributed by atoms with Crippen molar-refractivity contribution in [3.63, 3.8) is 0 Å². The van der Waals surface area contributed by atoms with Gasteiger partial charge in [-0.15, -0.1) is 0 Å². The van der Waals surface area contributed by atoms with E-state index >= 15 is 0 Å². The van der Waals surface area contributed by atoms with Crippen LogP contribution in [0.1, 0.15) is 53.4 Å². The molecule has 12 nitrogen and oxygen atoms in total. The highest BCUT2D eigenvalue weighted by atomic mass is 16.5. The van der Waals surface area contributed by atoms with Crippen molar-refractivity contribution < 1.29 is 28.6 Å². The van der Waals surface area contributed by atoms with Crippen LogP contribution in [0.2, 0.25) is 0 Å². The second kappa shape index (κ2) is 12.6. The summed E-state index contributed by atoms with van der Waals surface area (Å²) < 4.78 is 16.4. The van der Waals surface area contributed by atoms with Crippen molar-refractivity contribution in [3.8, 4) is 11.8 Å². The number of pyridine rings is 2. The van der Waals surface area contributed by atoms with Crippen LogP contribution in [0, 0.1) is 11.3 Å². The van der Waals surface area contributed by atoms with Gasteiger partial charge in [-0.1, -0.05) is 0 Å². The van der Waals surface area contributed by atoms with Gasteiger partial charge in [0.2, 0.25) is 0 Å². The van der Waals surface area contributed by atoms with Crippen LogP contribution in [0.3, 0.4) is 0 Å². The number of ether oxygens (including phenoxy) is 3. The second-order valence-electron chi connectivity index (χ2n) is 9.58. The molecule has 2 aliphatic rings. The van der Waals surface area contributed by atoms with Crippen LogP contribution in [-0.2, 0) is 27.2 Å². The van der Waals surface area contributed by atoms with Gasteiger partial charge in [0, 0.05) is 45.5 Å². The van der Waals surface area contributed by atoms with Gasteiger partial charge >= 0.3 is 6.03 Å². The fourth-order valence-corrected chi connectivity index (χ4v) is 4.69. The average molecular weight is 537 g/mol. The van der Waals surface area contributed by atoms with E-state index in [4.69, 9.17) is 14.2 Å². The van der Waals surface area contributed by atoms with E-state index in [9.17, 15) is 19.6 Å². The average Bonchev–Trinajstić information content (AvgIpc) is 3.47. The first-order valence-corrected chi connectivity index (χ1v) is 12.8. The summed E-state index contributed by atoms with van der Waals surface area (Å²) in [6.45, 7) is 3.30. The number of nitriles is 1. The number of nitrogens with zero attached hydrogens (tertiary/aromatic N) is 5. The number of fused-ring (bicyclic) bond motifs is 1. The topological polar surface area (TPSA) is 147 Å². The number of anilines is 2. The number of likely N-dealkylation sites (N-methyl/N-ethyl adjacent to an activating group) is 1. The first-order valence-electron chi connectivity index (χ1n) is 12.8. The highest BCUT2D eigenvalue weighted by Crippen LogP contribution is 2.29. The van der Waals surface area contributed by atoms with Gasteiger partial charge in [-0.25, -0.2) is 14.8 Å². The number of carbonyl (C=O) groups excluding carboxylic acids is 3. The van der Waals surface area contributed by atoms with E-state index in [1.807, 2.05) is 12.1 Å². The number of hydrogen-bond donors (Lipinski definition) is 1. The van der Waals surface area contributed by atoms with Gasteiger partial charge < -0.3 is 19.1 Å². The lowest BCUT2D eigenvalue weighted by Crippen LogP contribution is -2.40. The Hall–Kier alpha value is -4.08. The SMILES string of the molecule is COC[C@@H](C)Oc1cc(NC(=O)N2CCCc3cc(CN(C)C(=O)[C@@H]4CCCO4)c(C=O)nc32)ncc1C#N. The zero-order valence-electron chi connectivity index (χ0n) is 22.3. The summed E-state index contributed by atoms with van der Waals surface area (Å²) in [5.74, 6) is 0.737. The summed E-state index contributed by atoms with van der Waals surface area (Å²) in [6, 6.07) is 4.88. The van der Waals surface area contributed by atoms with Crippen molar-refractivity contribution in [2.24, 2.45) is 0 Å². The predicted octanol–water partition coefficient (Wildman–Crippen LogP) is 2.70. The van der Waals surface area contributed by atoms with Gasteiger partial charge in [0.1, 0.15) is 46.9 Å². The number of rotatable bonds is 9. The maximum absolute atomic E-state index is 13.3. The minimum Gasteiger partial charge on any atom is -0.487 e. The molecule has 3 amide bonds. The molecule has 0 unspecified atom stereocenters. The summed E-state index contributed by atoms with van der Waals surface area (Å²) in [6.07, 6.45) is 4.09. The normalized spacial score (nSPS) is 17.1. The van der Waals surface area contributed by atoms with Crippen molar-refractivity contribution in [2.75, 3.05) is 44.1 Å². The van der Waals surface area contributed by atoms with Crippen LogP contribution in [0.5, 0.6) is 5.75 Å². The molecule has 0 spiro atoms. The van der Waals surface area contributed by atoms with Crippen LogP contribution >= 0.6 is 0 Å². The Morgan fingerprint density at radius 3 is 2.90 bits per heavy atom. The Kier molecular flexibility index (Phi) is 9.06. The predicted molar refractivity (Wildman–Crippen MR) is 141 cm³/mol. The number of carbonyl (C=O) groups is 3. The molecule has 0 bridgehead atoms. The molecule has 1 N–H and O–H groups in total. The maximum atomic E-state index is 13.3. The molecule has 2 aromatic heterocycles. The van der Waals surface area contributed by atoms with Gasteiger partial charge in [-0.05, 0) is 44.2 Å². The third-order valence-corrected chi connectivity index (χ3v) is 6.57. The number of hydrogen-bond acceptors (Lipinski definition) is 9. The molecule has 206 valence electrons. The summed E-state index contributed by atoms with van der Waals surface area (Å²) in [4.78, 5) is 49.6.